The van der Waals surface area contributed by atoms with Gasteiger partial charge in [-0.2, -0.15) is 0 Å². The van der Waals surface area contributed by atoms with Crippen molar-refractivity contribution in [2.75, 3.05) is 10.6 Å². The highest BCUT2D eigenvalue weighted by Crippen LogP contribution is 2.23. The first-order valence-electron chi connectivity index (χ1n) is 8.94. The number of amides is 2. The molecule has 0 fully saturated rings. The molecule has 2 heterocycles. The second kappa shape index (κ2) is 8.57. The van der Waals surface area contributed by atoms with Crippen LogP contribution in [0.1, 0.15) is 0 Å². The van der Waals surface area contributed by atoms with Crippen LogP contribution >= 0.6 is 0 Å². The number of anilines is 2. The van der Waals surface area contributed by atoms with Gasteiger partial charge in [0, 0.05) is 24.1 Å². The van der Waals surface area contributed by atoms with Crippen molar-refractivity contribution in [1.29, 1.82) is 0 Å². The molecule has 0 bridgehead atoms. The number of carbonyl (C=O) groups is 1. The molecule has 31 heavy (non-hydrogen) atoms. The van der Waals surface area contributed by atoms with Crippen LogP contribution in [0.4, 0.5) is 29.3 Å². The van der Waals surface area contributed by atoms with Gasteiger partial charge in [0.1, 0.15) is 17.9 Å². The molecule has 2 aromatic heterocycles. The Morgan fingerprint density at radius 2 is 1.65 bits per heavy atom. The second-order valence-electron chi connectivity index (χ2n) is 6.23. The average molecular weight is 425 g/mol. The zero-order valence-electron chi connectivity index (χ0n) is 15.7. The van der Waals surface area contributed by atoms with Crippen molar-refractivity contribution >= 4 is 17.4 Å². The van der Waals surface area contributed by atoms with E-state index in [9.17, 15) is 18.0 Å². The highest BCUT2D eigenvalue weighted by atomic mass is 19.2. The van der Waals surface area contributed by atoms with Crippen molar-refractivity contribution < 1.29 is 22.7 Å². The van der Waals surface area contributed by atoms with E-state index in [4.69, 9.17) is 4.74 Å². The molecule has 4 aromatic rings. The highest BCUT2D eigenvalue weighted by Gasteiger charge is 2.15. The molecule has 7 nitrogen and oxygen atoms in total. The first kappa shape index (κ1) is 20.0. The molecule has 0 aliphatic heterocycles. The molecule has 2 N–H and O–H groups in total. The quantitative estimate of drug-likeness (QED) is 0.435. The first-order valence-corrected chi connectivity index (χ1v) is 8.94. The number of rotatable bonds is 5. The van der Waals surface area contributed by atoms with Gasteiger partial charge >= 0.3 is 6.03 Å². The Hall–Kier alpha value is -4.34. The lowest BCUT2D eigenvalue weighted by Gasteiger charge is -2.10. The van der Waals surface area contributed by atoms with Crippen molar-refractivity contribution in [3.63, 3.8) is 0 Å². The highest BCUT2D eigenvalue weighted by molar-refractivity contribution is 5.99. The van der Waals surface area contributed by atoms with E-state index >= 15 is 0 Å². The van der Waals surface area contributed by atoms with Crippen molar-refractivity contribution in [3.8, 4) is 17.4 Å². The third-order valence-corrected chi connectivity index (χ3v) is 4.11. The van der Waals surface area contributed by atoms with E-state index in [0.29, 0.717) is 23.1 Å². The minimum absolute atomic E-state index is 0.325. The van der Waals surface area contributed by atoms with Crippen molar-refractivity contribution in [2.45, 2.75) is 0 Å². The summed E-state index contributed by atoms with van der Waals surface area (Å²) in [6, 6.07) is 12.5. The van der Waals surface area contributed by atoms with E-state index in [0.717, 1.165) is 12.1 Å². The number of ether oxygens (including phenoxy) is 1. The van der Waals surface area contributed by atoms with Gasteiger partial charge in [-0.05, 0) is 48.5 Å². The Balaban J connectivity index is 1.39. The summed E-state index contributed by atoms with van der Waals surface area (Å²) in [4.78, 5) is 20.2. The first-order chi connectivity index (χ1) is 15.0. The van der Waals surface area contributed by atoms with Crippen LogP contribution in [0.25, 0.3) is 5.82 Å². The maximum atomic E-state index is 13.7. The fourth-order valence-electron chi connectivity index (χ4n) is 2.65. The molecule has 0 saturated heterocycles. The summed E-state index contributed by atoms with van der Waals surface area (Å²) in [7, 11) is 0. The summed E-state index contributed by atoms with van der Waals surface area (Å²) in [5.74, 6) is -3.08. The van der Waals surface area contributed by atoms with Gasteiger partial charge in [-0.1, -0.05) is 0 Å². The molecule has 0 radical (unpaired) electrons. The predicted molar refractivity (Wildman–Crippen MR) is 107 cm³/mol. The van der Waals surface area contributed by atoms with Gasteiger partial charge in [-0.15, -0.1) is 0 Å². The SMILES string of the molecule is O=C(Nc1ccc(Oc2cc(-n3cccc3)ncn2)cc1)Nc1ccc(F)c(F)c1F. The van der Waals surface area contributed by atoms with E-state index in [2.05, 4.69) is 20.6 Å². The maximum Gasteiger partial charge on any atom is 0.323 e. The molecule has 0 unspecified atom stereocenters. The molecule has 156 valence electrons. The van der Waals surface area contributed by atoms with Crippen LogP contribution in [0.15, 0.2) is 73.3 Å². The third kappa shape index (κ3) is 4.64. The molecule has 4 rings (SSSR count). The minimum atomic E-state index is -1.66. The van der Waals surface area contributed by atoms with Gasteiger partial charge in [0.05, 0.1) is 5.69 Å². The summed E-state index contributed by atoms with van der Waals surface area (Å²) < 4.78 is 47.4. The summed E-state index contributed by atoms with van der Waals surface area (Å²) in [6.07, 6.45) is 5.05. The zero-order chi connectivity index (χ0) is 21.8. The lowest BCUT2D eigenvalue weighted by atomic mass is 10.3. The minimum Gasteiger partial charge on any atom is -0.439 e. The number of aromatic nitrogens is 3. The molecule has 10 heteroatoms. The van der Waals surface area contributed by atoms with E-state index in [1.54, 1.807) is 34.9 Å². The predicted octanol–water partition coefficient (Wildman–Crippen LogP) is 5.12. The molecule has 2 amide bonds. The second-order valence-corrected chi connectivity index (χ2v) is 6.23. The number of nitrogens with zero attached hydrogens (tertiary/aromatic N) is 3. The number of carbonyl (C=O) groups excluding carboxylic acids is 1. The largest absolute Gasteiger partial charge is 0.439 e. The summed E-state index contributed by atoms with van der Waals surface area (Å²) >= 11 is 0. The third-order valence-electron chi connectivity index (χ3n) is 4.11. The normalized spacial score (nSPS) is 10.5. The van der Waals surface area contributed by atoms with Crippen LogP contribution in [0.2, 0.25) is 0 Å². The van der Waals surface area contributed by atoms with E-state index < -0.39 is 29.2 Å². The smallest absolute Gasteiger partial charge is 0.323 e. The molecular formula is C21H14F3N5O2. The fraction of sp³-hybridized carbons (Fsp3) is 0. The maximum absolute atomic E-state index is 13.7. The van der Waals surface area contributed by atoms with Gasteiger partial charge in [-0.3, -0.25) is 0 Å². The molecular weight excluding hydrogens is 411 g/mol. The van der Waals surface area contributed by atoms with E-state index in [1.807, 2.05) is 24.5 Å². The van der Waals surface area contributed by atoms with Gasteiger partial charge in [-0.25, -0.2) is 27.9 Å². The Labute approximate surface area is 174 Å². The molecule has 0 saturated carbocycles. The topological polar surface area (TPSA) is 81.1 Å². The standard InChI is InChI=1S/C21H14F3N5O2/c22-15-7-8-16(20(24)19(15)23)28-21(30)27-13-3-5-14(6-4-13)31-18-11-17(25-12-26-18)29-9-1-2-10-29/h1-12H,(H2,27,28,30). The molecule has 0 aliphatic rings. The van der Waals surface area contributed by atoms with Gasteiger partial charge in [0.15, 0.2) is 17.5 Å². The Bertz CT molecular complexity index is 1210. The summed E-state index contributed by atoms with van der Waals surface area (Å²) in [5.41, 5.74) is -0.123. The monoisotopic (exact) mass is 425 g/mol. The number of benzene rings is 2. The van der Waals surface area contributed by atoms with Crippen LogP contribution in [-0.4, -0.2) is 20.6 Å². The van der Waals surface area contributed by atoms with Crippen LogP contribution in [0, 0.1) is 17.5 Å². The number of halogens is 3. The van der Waals surface area contributed by atoms with E-state index in [1.165, 1.54) is 6.33 Å². The number of hydrogen-bond donors (Lipinski definition) is 2. The van der Waals surface area contributed by atoms with Crippen LogP contribution in [0.3, 0.4) is 0 Å². The van der Waals surface area contributed by atoms with Gasteiger partial charge in [0.25, 0.3) is 0 Å². The number of hydrogen-bond acceptors (Lipinski definition) is 4. The molecule has 0 spiro atoms. The van der Waals surface area contributed by atoms with E-state index in [-0.39, 0.29) is 0 Å². The fourth-order valence-corrected chi connectivity index (χ4v) is 2.65. The van der Waals surface area contributed by atoms with Crippen molar-refractivity contribution in [2.24, 2.45) is 0 Å². The number of urea groups is 1. The Kier molecular flexibility index (Phi) is 5.52. The summed E-state index contributed by atoms with van der Waals surface area (Å²) in [6.45, 7) is 0. The van der Waals surface area contributed by atoms with Crippen LogP contribution in [0.5, 0.6) is 11.6 Å². The Morgan fingerprint density at radius 3 is 2.39 bits per heavy atom. The average Bonchev–Trinajstić information content (AvgIpc) is 3.31. The van der Waals surface area contributed by atoms with Crippen molar-refractivity contribution in [1.82, 2.24) is 14.5 Å². The summed E-state index contributed by atoms with van der Waals surface area (Å²) in [5, 5.41) is 4.57. The zero-order valence-corrected chi connectivity index (χ0v) is 15.7. The van der Waals surface area contributed by atoms with Crippen molar-refractivity contribution in [3.05, 3.63) is 90.8 Å². The molecule has 0 aliphatic carbocycles. The molecule has 2 aromatic carbocycles. The lowest BCUT2D eigenvalue weighted by Crippen LogP contribution is -2.20. The van der Waals surface area contributed by atoms with Crippen LogP contribution < -0.4 is 15.4 Å². The molecule has 0 atom stereocenters. The number of nitrogens with one attached hydrogen (secondary N) is 2. The Morgan fingerprint density at radius 1 is 0.903 bits per heavy atom. The van der Waals surface area contributed by atoms with Gasteiger partial charge in [0.2, 0.25) is 5.88 Å². The van der Waals surface area contributed by atoms with Crippen LogP contribution in [-0.2, 0) is 0 Å². The lowest BCUT2D eigenvalue weighted by molar-refractivity contribution is 0.262. The van der Waals surface area contributed by atoms with Gasteiger partial charge < -0.3 is 19.9 Å².